The van der Waals surface area contributed by atoms with Gasteiger partial charge in [-0.3, -0.25) is 18.9 Å². The Balaban J connectivity index is 2.07. The van der Waals surface area contributed by atoms with Crippen molar-refractivity contribution < 1.29 is 85.0 Å². The molecule has 23 heteroatoms. The summed E-state index contributed by atoms with van der Waals surface area (Å²) in [4.78, 5) is 49.4. The van der Waals surface area contributed by atoms with Crippen LogP contribution in [0.2, 0.25) is 0 Å². The van der Waals surface area contributed by atoms with Crippen LogP contribution in [0, 0.1) is 0 Å². The number of nitrogens with zero attached hydrogens (tertiary/aromatic N) is 1. The number of carbonyl (C=O) groups is 2. The van der Waals surface area contributed by atoms with Crippen molar-refractivity contribution in [1.82, 2.24) is 9.55 Å². The second kappa shape index (κ2) is 20.5. The fourth-order valence-electron chi connectivity index (χ4n) is 3.80. The van der Waals surface area contributed by atoms with E-state index in [1.165, 1.54) is 14.2 Å². The SMILES string of the molecule is COCCOCCOC(=O)OCOP(=O)(OCOC(=O)OCCOCCOC)OC[C@@]1(CF)OC(n2ccc(=O)[nH]c2=O)[C@](C)(O)[C@@H]1O. The van der Waals surface area contributed by atoms with Gasteiger partial charge >= 0.3 is 25.8 Å². The summed E-state index contributed by atoms with van der Waals surface area (Å²) >= 11 is 0. The molecule has 0 amide bonds. The largest absolute Gasteiger partial charge is 0.510 e. The number of aromatic amines is 1. The van der Waals surface area contributed by atoms with Crippen molar-refractivity contribution in [2.45, 2.75) is 30.5 Å². The molecule has 1 saturated heterocycles. The molecule has 21 nitrogen and oxygen atoms in total. The second-order valence-corrected chi connectivity index (χ2v) is 11.4. The van der Waals surface area contributed by atoms with Gasteiger partial charge in [-0.2, -0.15) is 0 Å². The molecule has 0 bridgehead atoms. The summed E-state index contributed by atoms with van der Waals surface area (Å²) in [5.41, 5.74) is -6.75. The van der Waals surface area contributed by atoms with E-state index in [0.717, 1.165) is 19.2 Å². The van der Waals surface area contributed by atoms with Gasteiger partial charge in [0.05, 0.1) is 46.2 Å². The average Bonchev–Trinajstić information content (AvgIpc) is 3.24. The third-order valence-corrected chi connectivity index (χ3v) is 7.52. The van der Waals surface area contributed by atoms with Crippen LogP contribution in [0.4, 0.5) is 14.0 Å². The van der Waals surface area contributed by atoms with Gasteiger partial charge in [-0.05, 0) is 6.92 Å². The van der Waals surface area contributed by atoms with Crippen molar-refractivity contribution in [3.63, 3.8) is 0 Å². The molecule has 1 aliphatic rings. The number of carbonyl (C=O) groups excluding carboxylic acids is 2. The number of H-pyrrole nitrogens is 1. The van der Waals surface area contributed by atoms with Crippen molar-refractivity contribution in [3.05, 3.63) is 33.1 Å². The third kappa shape index (κ3) is 12.8. The lowest BCUT2D eigenvalue weighted by Crippen LogP contribution is -2.53. The quantitative estimate of drug-likeness (QED) is 0.0561. The standard InChI is InChI=1S/C25H40FN2O19P/c1-24(34)19(30)25(14-26,47-20(24)28-5-4-18(29)27-21(28)31)15-44-48(35,45-16-42-22(32)40-12-10-38-8-6-36-2)46-17-43-23(33)41-13-11-39-9-7-37-3/h4-5,19-20,30,34H,6-17H2,1-3H3,(H,27,29,31)/t19-,20?,24+,25+/m0/s1. The van der Waals surface area contributed by atoms with E-state index in [4.69, 9.17) is 46.7 Å². The van der Waals surface area contributed by atoms with Gasteiger partial charge in [0.15, 0.2) is 11.8 Å². The Kier molecular flexibility index (Phi) is 17.6. The maximum atomic E-state index is 14.5. The molecule has 1 aromatic heterocycles. The van der Waals surface area contributed by atoms with E-state index in [9.17, 15) is 38.3 Å². The Morgan fingerprint density at radius 2 is 1.44 bits per heavy atom. The number of ether oxygens (including phenoxy) is 9. The van der Waals surface area contributed by atoms with E-state index in [-0.39, 0.29) is 39.6 Å². The van der Waals surface area contributed by atoms with E-state index in [2.05, 4.69) is 9.47 Å². The zero-order chi connectivity index (χ0) is 35.6. The van der Waals surface area contributed by atoms with Crippen LogP contribution in [0.5, 0.6) is 0 Å². The number of alkyl halides is 1. The zero-order valence-electron chi connectivity index (χ0n) is 26.4. The van der Waals surface area contributed by atoms with E-state index < -0.39 is 81.8 Å². The molecule has 276 valence electrons. The molecular formula is C25H40FN2O19P. The zero-order valence-corrected chi connectivity index (χ0v) is 27.3. The van der Waals surface area contributed by atoms with E-state index in [1.807, 2.05) is 4.98 Å². The molecule has 1 aromatic rings. The molecule has 2 rings (SSSR count). The number of aliphatic hydroxyl groups excluding tert-OH is 1. The predicted molar refractivity (Wildman–Crippen MR) is 152 cm³/mol. The number of nitrogens with one attached hydrogen (secondary N) is 1. The lowest BCUT2D eigenvalue weighted by molar-refractivity contribution is -0.141. The summed E-state index contributed by atoms with van der Waals surface area (Å²) < 4.78 is 87.7. The van der Waals surface area contributed by atoms with E-state index in [0.29, 0.717) is 17.8 Å². The Morgan fingerprint density at radius 1 is 0.917 bits per heavy atom. The van der Waals surface area contributed by atoms with Crippen molar-refractivity contribution in [2.75, 3.05) is 93.9 Å². The number of phosphoric acid groups is 1. The van der Waals surface area contributed by atoms with Crippen LogP contribution in [-0.2, 0) is 60.8 Å². The highest BCUT2D eigenvalue weighted by Crippen LogP contribution is 2.52. The summed E-state index contributed by atoms with van der Waals surface area (Å²) in [6, 6.07) is 0.911. The first kappa shape index (κ1) is 41.2. The van der Waals surface area contributed by atoms with Crippen LogP contribution >= 0.6 is 7.82 Å². The minimum absolute atomic E-state index is 0.000346. The Hall–Kier alpha value is -3.02. The van der Waals surface area contributed by atoms with Gasteiger partial charge in [0.2, 0.25) is 13.6 Å². The smallest absolute Gasteiger partial charge is 0.432 e. The minimum Gasteiger partial charge on any atom is -0.432 e. The van der Waals surface area contributed by atoms with Crippen molar-refractivity contribution in [3.8, 4) is 0 Å². The van der Waals surface area contributed by atoms with E-state index in [1.54, 1.807) is 0 Å². The first-order chi connectivity index (χ1) is 22.8. The molecule has 1 unspecified atom stereocenters. The normalized spacial score (nSPS) is 22.4. The molecule has 0 aliphatic carbocycles. The minimum atomic E-state index is -5.00. The highest BCUT2D eigenvalue weighted by atomic mass is 31.2. The first-order valence-corrected chi connectivity index (χ1v) is 15.5. The highest BCUT2D eigenvalue weighted by Gasteiger charge is 2.63. The second-order valence-electron chi connectivity index (χ2n) is 9.72. The highest BCUT2D eigenvalue weighted by molar-refractivity contribution is 7.48. The van der Waals surface area contributed by atoms with Gasteiger partial charge in [0, 0.05) is 26.5 Å². The molecule has 48 heavy (non-hydrogen) atoms. The van der Waals surface area contributed by atoms with E-state index >= 15 is 0 Å². The van der Waals surface area contributed by atoms with Crippen molar-refractivity contribution in [1.29, 1.82) is 0 Å². The maximum Gasteiger partial charge on any atom is 0.510 e. The molecule has 2 heterocycles. The molecular weight excluding hydrogens is 682 g/mol. The number of methoxy groups -OCH3 is 2. The van der Waals surface area contributed by atoms with Crippen molar-refractivity contribution in [2.24, 2.45) is 0 Å². The van der Waals surface area contributed by atoms with Gasteiger partial charge < -0.3 is 52.8 Å². The number of hydrogen-bond donors (Lipinski definition) is 3. The molecule has 0 radical (unpaired) electrons. The maximum absolute atomic E-state index is 14.5. The average molecular weight is 723 g/mol. The predicted octanol–water partition coefficient (Wildman–Crippen LogP) is -0.409. The Labute approximate surface area is 272 Å². The molecule has 1 fully saturated rings. The number of phosphoric ester groups is 1. The molecule has 4 atom stereocenters. The van der Waals surface area contributed by atoms with Crippen LogP contribution in [0.15, 0.2) is 21.9 Å². The number of halogens is 1. The third-order valence-electron chi connectivity index (χ3n) is 6.23. The van der Waals surface area contributed by atoms with Gasteiger partial charge in [0.1, 0.15) is 31.6 Å². The number of aliphatic hydroxyl groups is 2. The van der Waals surface area contributed by atoms with Crippen LogP contribution in [-0.4, -0.2) is 143 Å². The fraction of sp³-hybridized carbons (Fsp3) is 0.760. The fourth-order valence-corrected chi connectivity index (χ4v) is 4.76. The topological polar surface area (TPSA) is 257 Å². The van der Waals surface area contributed by atoms with Crippen LogP contribution in [0.25, 0.3) is 0 Å². The van der Waals surface area contributed by atoms with Crippen LogP contribution < -0.4 is 11.2 Å². The summed E-state index contributed by atoms with van der Waals surface area (Å²) in [6.45, 7) is -3.39. The lowest BCUT2D eigenvalue weighted by atomic mass is 9.88. The molecule has 0 spiro atoms. The molecule has 3 N–H and O–H groups in total. The summed E-state index contributed by atoms with van der Waals surface area (Å²) in [5.74, 6) is 0. The van der Waals surface area contributed by atoms with Gasteiger partial charge in [-0.15, -0.1) is 0 Å². The van der Waals surface area contributed by atoms with Gasteiger partial charge in [-0.25, -0.2) is 32.4 Å². The monoisotopic (exact) mass is 722 g/mol. The van der Waals surface area contributed by atoms with Crippen LogP contribution in [0.1, 0.15) is 13.2 Å². The summed E-state index contributed by atoms with van der Waals surface area (Å²) in [6.07, 6.45) is -5.58. The van der Waals surface area contributed by atoms with Gasteiger partial charge in [0.25, 0.3) is 5.56 Å². The Morgan fingerprint density at radius 3 is 1.92 bits per heavy atom. The van der Waals surface area contributed by atoms with Crippen LogP contribution in [0.3, 0.4) is 0 Å². The summed E-state index contributed by atoms with van der Waals surface area (Å²) in [5, 5.41) is 21.9. The van der Waals surface area contributed by atoms with Crippen molar-refractivity contribution >= 4 is 20.1 Å². The van der Waals surface area contributed by atoms with Gasteiger partial charge in [-0.1, -0.05) is 0 Å². The number of aromatic nitrogens is 2. The first-order valence-electron chi connectivity index (χ1n) is 14.1. The number of rotatable bonds is 23. The summed E-state index contributed by atoms with van der Waals surface area (Å²) in [7, 11) is -2.06. The Bertz CT molecular complexity index is 1260. The number of hydrogen-bond acceptors (Lipinski definition) is 19. The molecule has 0 saturated carbocycles. The molecule has 1 aliphatic heterocycles. The molecule has 0 aromatic carbocycles. The lowest BCUT2D eigenvalue weighted by Gasteiger charge is -2.31.